The smallest absolute Gasteiger partial charge is 0.302 e. The topological polar surface area (TPSA) is 65.0 Å². The van der Waals surface area contributed by atoms with Crippen LogP contribution in [0.3, 0.4) is 0 Å². The van der Waals surface area contributed by atoms with Gasteiger partial charge in [0.2, 0.25) is 0 Å². The Hall–Kier alpha value is -0.650. The van der Waals surface area contributed by atoms with Gasteiger partial charge >= 0.3 is 5.97 Å². The number of hydrogen-bond acceptors (Lipinski definition) is 5. The number of aliphatic hydroxyl groups excluding tert-OH is 1. The fourth-order valence-corrected chi connectivity index (χ4v) is 8.42. The monoisotopic (exact) mass is 392 g/mol. The molecule has 4 saturated carbocycles. The predicted octanol–water partition coefficient (Wildman–Crippen LogP) is 3.67. The second-order valence-electron chi connectivity index (χ2n) is 10.7. The first-order valence-electron chi connectivity index (χ1n) is 11.4. The Balaban J connectivity index is 1.41. The minimum atomic E-state index is -0.563. The highest BCUT2D eigenvalue weighted by molar-refractivity contribution is 5.66. The molecule has 0 amide bonds. The fourth-order valence-electron chi connectivity index (χ4n) is 8.42. The Morgan fingerprint density at radius 3 is 2.46 bits per heavy atom. The molecule has 28 heavy (non-hydrogen) atoms. The molecule has 1 aliphatic heterocycles. The van der Waals surface area contributed by atoms with Crippen molar-refractivity contribution in [2.45, 2.75) is 90.1 Å². The summed E-state index contributed by atoms with van der Waals surface area (Å²) in [4.78, 5) is 11.4. The zero-order valence-corrected chi connectivity index (χ0v) is 17.6. The maximum atomic E-state index is 11.4. The molecule has 5 rings (SSSR count). The van der Waals surface area contributed by atoms with E-state index < -0.39 is 5.79 Å². The van der Waals surface area contributed by atoms with Crippen molar-refractivity contribution in [3.8, 4) is 0 Å². The van der Waals surface area contributed by atoms with Gasteiger partial charge in [-0.25, -0.2) is 0 Å². The Bertz CT molecular complexity index is 643. The lowest BCUT2D eigenvalue weighted by molar-refractivity contribution is -0.279. The van der Waals surface area contributed by atoms with Crippen molar-refractivity contribution in [1.82, 2.24) is 0 Å². The van der Waals surface area contributed by atoms with E-state index in [9.17, 15) is 9.90 Å². The quantitative estimate of drug-likeness (QED) is 0.690. The van der Waals surface area contributed by atoms with E-state index in [1.807, 2.05) is 0 Å². The highest BCUT2D eigenvalue weighted by Crippen LogP contribution is 2.69. The highest BCUT2D eigenvalue weighted by Gasteiger charge is 2.70. The summed E-state index contributed by atoms with van der Waals surface area (Å²) in [5.74, 6) is 1.55. The van der Waals surface area contributed by atoms with E-state index in [4.69, 9.17) is 14.2 Å². The van der Waals surface area contributed by atoms with E-state index in [0.717, 1.165) is 38.5 Å². The van der Waals surface area contributed by atoms with Crippen LogP contribution in [-0.2, 0) is 19.0 Å². The third-order valence-corrected chi connectivity index (χ3v) is 9.85. The molecule has 0 bridgehead atoms. The van der Waals surface area contributed by atoms with Gasteiger partial charge in [-0.3, -0.25) is 4.79 Å². The third kappa shape index (κ3) is 2.45. The first kappa shape index (κ1) is 19.3. The molecule has 0 aromatic rings. The first-order valence-corrected chi connectivity index (χ1v) is 11.4. The molecular formula is C23H36O5. The van der Waals surface area contributed by atoms with Gasteiger partial charge in [0.25, 0.3) is 0 Å². The molecule has 0 aromatic heterocycles. The summed E-state index contributed by atoms with van der Waals surface area (Å²) in [5.41, 5.74) is -0.0438. The van der Waals surface area contributed by atoms with E-state index in [2.05, 4.69) is 13.8 Å². The standard InChI is InChI=1S/C23H36O5/c1-14(24)28-16-6-8-21(2)15(12-16)4-5-17-18-7-9-23(26-10-11-27-23)22(18,3)20(25)13-19(17)21/h15-20,25H,4-13H2,1-3H3/t15-,16-,17+,18+,19?,20?,21+,22-/m1/s1. The van der Waals surface area contributed by atoms with Gasteiger partial charge in [-0.1, -0.05) is 13.8 Å². The largest absolute Gasteiger partial charge is 0.463 e. The Morgan fingerprint density at radius 1 is 1.00 bits per heavy atom. The van der Waals surface area contributed by atoms with E-state index in [0.29, 0.717) is 36.9 Å². The Morgan fingerprint density at radius 2 is 1.75 bits per heavy atom. The number of carbonyl (C=O) groups excluding carboxylic acids is 1. The molecule has 5 heteroatoms. The number of ether oxygens (including phenoxy) is 3. The van der Waals surface area contributed by atoms with E-state index >= 15 is 0 Å². The summed E-state index contributed by atoms with van der Waals surface area (Å²) < 4.78 is 17.9. The van der Waals surface area contributed by atoms with E-state index in [1.165, 1.54) is 19.8 Å². The number of aliphatic hydroxyl groups is 1. The molecule has 5 fully saturated rings. The molecule has 8 atom stereocenters. The lowest BCUT2D eigenvalue weighted by Crippen LogP contribution is -2.62. The minimum absolute atomic E-state index is 0.0842. The molecule has 5 nitrogen and oxygen atoms in total. The van der Waals surface area contributed by atoms with Crippen molar-refractivity contribution >= 4 is 5.97 Å². The van der Waals surface area contributed by atoms with Crippen LogP contribution in [0.4, 0.5) is 0 Å². The maximum absolute atomic E-state index is 11.4. The second-order valence-corrected chi connectivity index (χ2v) is 10.7. The number of carbonyl (C=O) groups is 1. The van der Waals surface area contributed by atoms with Crippen LogP contribution in [-0.4, -0.2) is 42.3 Å². The zero-order valence-electron chi connectivity index (χ0n) is 17.6. The minimum Gasteiger partial charge on any atom is -0.463 e. The van der Waals surface area contributed by atoms with Crippen LogP contribution < -0.4 is 0 Å². The van der Waals surface area contributed by atoms with Crippen molar-refractivity contribution in [2.24, 2.45) is 34.5 Å². The second kappa shape index (κ2) is 6.42. The lowest BCUT2D eigenvalue weighted by atomic mass is 9.44. The third-order valence-electron chi connectivity index (χ3n) is 9.85. The van der Waals surface area contributed by atoms with Crippen LogP contribution in [0.5, 0.6) is 0 Å². The number of esters is 1. The lowest BCUT2D eigenvalue weighted by Gasteiger charge is -2.62. The van der Waals surface area contributed by atoms with Gasteiger partial charge in [0.05, 0.1) is 24.7 Å². The highest BCUT2D eigenvalue weighted by atomic mass is 16.7. The molecule has 2 unspecified atom stereocenters. The predicted molar refractivity (Wildman–Crippen MR) is 103 cm³/mol. The number of hydrogen-bond donors (Lipinski definition) is 1. The van der Waals surface area contributed by atoms with Gasteiger partial charge in [0.15, 0.2) is 5.79 Å². The summed E-state index contributed by atoms with van der Waals surface area (Å²) in [5, 5.41) is 11.4. The molecule has 0 radical (unpaired) electrons. The summed E-state index contributed by atoms with van der Waals surface area (Å²) in [6, 6.07) is 0. The van der Waals surface area contributed by atoms with Crippen molar-refractivity contribution in [3.05, 3.63) is 0 Å². The number of fused-ring (bicyclic) bond motifs is 6. The molecule has 1 N–H and O–H groups in total. The first-order chi connectivity index (χ1) is 13.3. The van der Waals surface area contributed by atoms with Crippen LogP contribution in [0, 0.1) is 34.5 Å². The Labute approximate surface area is 168 Å². The molecule has 5 aliphatic rings. The molecule has 1 spiro atoms. The van der Waals surface area contributed by atoms with Gasteiger partial charge in [-0.15, -0.1) is 0 Å². The summed E-state index contributed by atoms with van der Waals surface area (Å²) in [6.45, 7) is 7.52. The molecule has 158 valence electrons. The molecular weight excluding hydrogens is 356 g/mol. The van der Waals surface area contributed by atoms with Gasteiger partial charge < -0.3 is 19.3 Å². The average Bonchev–Trinajstić information content (AvgIpc) is 3.24. The average molecular weight is 393 g/mol. The SMILES string of the molecule is CC(=O)O[C@@H]1CC[C@]2(C)C3CC(O)[C@@]4(C)[C@@H](CCC45OCCO5)[C@@H]3CC[C@@H]2C1. The van der Waals surface area contributed by atoms with Crippen molar-refractivity contribution in [2.75, 3.05) is 13.2 Å². The molecule has 1 heterocycles. The fraction of sp³-hybridized carbons (Fsp3) is 0.957. The molecule has 4 aliphatic carbocycles. The van der Waals surface area contributed by atoms with Gasteiger partial charge in [-0.05, 0) is 74.0 Å². The maximum Gasteiger partial charge on any atom is 0.302 e. The van der Waals surface area contributed by atoms with Crippen molar-refractivity contribution in [3.63, 3.8) is 0 Å². The zero-order chi connectivity index (χ0) is 19.7. The van der Waals surface area contributed by atoms with Gasteiger partial charge in [0, 0.05) is 13.3 Å². The van der Waals surface area contributed by atoms with E-state index in [-0.39, 0.29) is 29.0 Å². The summed E-state index contributed by atoms with van der Waals surface area (Å²) >= 11 is 0. The van der Waals surface area contributed by atoms with Crippen LogP contribution in [0.1, 0.15) is 72.1 Å². The van der Waals surface area contributed by atoms with Crippen molar-refractivity contribution < 1.29 is 24.1 Å². The normalized spacial score (nSPS) is 52.0. The summed E-state index contributed by atoms with van der Waals surface area (Å²) in [6.07, 6.45) is 8.09. The van der Waals surface area contributed by atoms with Gasteiger partial charge in [0.1, 0.15) is 6.10 Å². The Kier molecular flexibility index (Phi) is 4.43. The molecule has 1 saturated heterocycles. The van der Waals surface area contributed by atoms with Crippen LogP contribution >= 0.6 is 0 Å². The molecule has 0 aromatic carbocycles. The number of rotatable bonds is 1. The van der Waals surface area contributed by atoms with Crippen molar-refractivity contribution in [1.29, 1.82) is 0 Å². The van der Waals surface area contributed by atoms with Gasteiger partial charge in [-0.2, -0.15) is 0 Å². The summed E-state index contributed by atoms with van der Waals surface area (Å²) in [7, 11) is 0. The van der Waals surface area contributed by atoms with E-state index in [1.54, 1.807) is 0 Å². The van der Waals surface area contributed by atoms with Crippen LogP contribution in [0.2, 0.25) is 0 Å². The van der Waals surface area contributed by atoms with Crippen LogP contribution in [0.15, 0.2) is 0 Å². The van der Waals surface area contributed by atoms with Crippen LogP contribution in [0.25, 0.3) is 0 Å².